The molecule has 88 valence electrons. The Balaban J connectivity index is 2.53. The van der Waals surface area contributed by atoms with Crippen LogP contribution in [0.15, 0.2) is 42.5 Å². The molecule has 0 atom stereocenters. The highest BCUT2D eigenvalue weighted by Crippen LogP contribution is 2.31. The van der Waals surface area contributed by atoms with Crippen LogP contribution >= 0.6 is 0 Å². The lowest BCUT2D eigenvalue weighted by Gasteiger charge is -2.14. The van der Waals surface area contributed by atoms with Gasteiger partial charge in [-0.15, -0.1) is 0 Å². The van der Waals surface area contributed by atoms with E-state index in [1.165, 1.54) is 12.1 Å². The van der Waals surface area contributed by atoms with Crippen LogP contribution in [0.4, 0.5) is 13.2 Å². The van der Waals surface area contributed by atoms with Crippen molar-refractivity contribution < 1.29 is 18.0 Å². The fourth-order valence-electron chi connectivity index (χ4n) is 1.63. The molecule has 0 aliphatic carbocycles. The molecule has 0 radical (unpaired) electrons. The summed E-state index contributed by atoms with van der Waals surface area (Å²) in [6.07, 6.45) is 0. The number of rotatable bonds is 3. The zero-order valence-electron chi connectivity index (χ0n) is 8.79. The lowest BCUT2D eigenvalue weighted by atomic mass is 10.0. The number of alkyl halides is 3. The summed E-state index contributed by atoms with van der Waals surface area (Å²) >= 11 is 0. The molecule has 17 heavy (non-hydrogen) atoms. The monoisotopic (exact) mass is 238 g/mol. The van der Waals surface area contributed by atoms with E-state index >= 15 is 0 Å². The lowest BCUT2D eigenvalue weighted by Crippen LogP contribution is -2.27. The Morgan fingerprint density at radius 2 is 1.71 bits per heavy atom. The Bertz CT molecular complexity index is 563. The Labute approximate surface area is 95.9 Å². The first-order valence-electron chi connectivity index (χ1n) is 5.02. The highest BCUT2D eigenvalue weighted by Gasteiger charge is 2.40. The van der Waals surface area contributed by atoms with Crippen LogP contribution in [-0.4, -0.2) is 12.5 Å². The lowest BCUT2D eigenvalue weighted by molar-refractivity contribution is -0.145. The summed E-state index contributed by atoms with van der Waals surface area (Å²) in [4.78, 5) is 10.8. The van der Waals surface area contributed by atoms with Gasteiger partial charge in [0.15, 0.2) is 6.67 Å². The largest absolute Gasteiger partial charge is 0.333 e. The molecule has 2 aromatic rings. The predicted octanol–water partition coefficient (Wildman–Crippen LogP) is 3.47. The van der Waals surface area contributed by atoms with Gasteiger partial charge in [0.2, 0.25) is 5.78 Å². The van der Waals surface area contributed by atoms with E-state index in [9.17, 15) is 18.0 Å². The van der Waals surface area contributed by atoms with Crippen LogP contribution in [-0.2, 0) is 10.7 Å². The van der Waals surface area contributed by atoms with Crippen molar-refractivity contribution in [3.05, 3.63) is 48.0 Å². The van der Waals surface area contributed by atoms with E-state index < -0.39 is 23.9 Å². The van der Waals surface area contributed by atoms with Crippen LogP contribution in [0, 0.1) is 0 Å². The van der Waals surface area contributed by atoms with Gasteiger partial charge in [0.1, 0.15) is 0 Å². The van der Waals surface area contributed by atoms with Gasteiger partial charge >= 0.3 is 5.92 Å². The molecule has 0 saturated heterocycles. The van der Waals surface area contributed by atoms with Gasteiger partial charge in [-0.3, -0.25) is 4.79 Å². The van der Waals surface area contributed by atoms with E-state index in [-0.39, 0.29) is 0 Å². The predicted molar refractivity (Wildman–Crippen MR) is 58.8 cm³/mol. The number of fused-ring (bicyclic) bond motifs is 1. The zero-order valence-corrected chi connectivity index (χ0v) is 8.79. The molecular weight excluding hydrogens is 229 g/mol. The van der Waals surface area contributed by atoms with Crippen molar-refractivity contribution in [1.29, 1.82) is 0 Å². The molecule has 2 aromatic carbocycles. The molecule has 0 spiro atoms. The summed E-state index contributed by atoms with van der Waals surface area (Å²) < 4.78 is 39.0. The second-order valence-corrected chi connectivity index (χ2v) is 3.69. The first kappa shape index (κ1) is 11.6. The van der Waals surface area contributed by atoms with Gasteiger partial charge in [-0.25, -0.2) is 4.39 Å². The van der Waals surface area contributed by atoms with Gasteiger partial charge in [0.05, 0.1) is 0 Å². The minimum Gasteiger partial charge on any atom is -0.290 e. The Morgan fingerprint density at radius 1 is 1.06 bits per heavy atom. The van der Waals surface area contributed by atoms with Gasteiger partial charge in [-0.05, 0) is 16.8 Å². The van der Waals surface area contributed by atoms with E-state index in [2.05, 4.69) is 0 Å². The minimum absolute atomic E-state index is 0.473. The number of carbonyl (C=O) groups excluding carboxylic acids is 1. The number of carbonyl (C=O) groups is 1. The van der Waals surface area contributed by atoms with Crippen LogP contribution in [0.3, 0.4) is 0 Å². The zero-order chi connectivity index (χ0) is 12.5. The Morgan fingerprint density at radius 3 is 2.35 bits per heavy atom. The summed E-state index contributed by atoms with van der Waals surface area (Å²) in [5.74, 6) is -5.48. The highest BCUT2D eigenvalue weighted by atomic mass is 19.3. The Hall–Kier alpha value is -1.84. The van der Waals surface area contributed by atoms with Crippen LogP contribution in [0.25, 0.3) is 10.8 Å². The van der Waals surface area contributed by atoms with Crippen molar-refractivity contribution in [2.75, 3.05) is 6.67 Å². The number of halogens is 3. The topological polar surface area (TPSA) is 17.1 Å². The molecule has 0 heterocycles. The number of ketones is 1. The molecule has 2 rings (SSSR count). The second-order valence-electron chi connectivity index (χ2n) is 3.69. The molecule has 0 N–H and O–H groups in total. The standard InChI is InChI=1S/C13H9F3O/c14-8-12(17)13(15,16)11-6-5-9-3-1-2-4-10(9)7-11/h1-7H,8H2. The quantitative estimate of drug-likeness (QED) is 0.800. The number of benzene rings is 2. The van der Waals surface area contributed by atoms with E-state index in [4.69, 9.17) is 0 Å². The molecule has 1 nitrogen and oxygen atoms in total. The molecule has 0 aromatic heterocycles. The smallest absolute Gasteiger partial charge is 0.290 e. The van der Waals surface area contributed by atoms with Gasteiger partial charge in [-0.2, -0.15) is 8.78 Å². The molecule has 0 amide bonds. The van der Waals surface area contributed by atoms with E-state index in [1.54, 1.807) is 24.3 Å². The Kier molecular flexibility index (Phi) is 2.88. The minimum atomic E-state index is -3.77. The molecule has 0 unspecified atom stereocenters. The van der Waals surface area contributed by atoms with Gasteiger partial charge in [0, 0.05) is 5.56 Å². The summed E-state index contributed by atoms with van der Waals surface area (Å²) in [6, 6.07) is 10.8. The average molecular weight is 238 g/mol. The molecule has 4 heteroatoms. The van der Waals surface area contributed by atoms with Crippen molar-refractivity contribution in [3.63, 3.8) is 0 Å². The third kappa shape index (κ3) is 2.02. The van der Waals surface area contributed by atoms with E-state index in [0.29, 0.717) is 5.39 Å². The maximum absolute atomic E-state index is 13.5. The van der Waals surface area contributed by atoms with Crippen molar-refractivity contribution in [2.24, 2.45) is 0 Å². The molecule has 0 saturated carbocycles. The fraction of sp³-hybridized carbons (Fsp3) is 0.154. The maximum atomic E-state index is 13.5. The van der Waals surface area contributed by atoms with Crippen LogP contribution < -0.4 is 0 Å². The van der Waals surface area contributed by atoms with Crippen LogP contribution in [0.2, 0.25) is 0 Å². The first-order chi connectivity index (χ1) is 8.05. The van der Waals surface area contributed by atoms with Crippen molar-refractivity contribution >= 4 is 16.6 Å². The van der Waals surface area contributed by atoms with Crippen LogP contribution in [0.5, 0.6) is 0 Å². The summed E-state index contributed by atoms with van der Waals surface area (Å²) in [5, 5.41) is 1.39. The summed E-state index contributed by atoms with van der Waals surface area (Å²) in [6.45, 7) is -1.67. The highest BCUT2D eigenvalue weighted by molar-refractivity contribution is 5.90. The summed E-state index contributed by atoms with van der Waals surface area (Å²) in [7, 11) is 0. The SMILES string of the molecule is O=C(CF)C(F)(F)c1ccc2ccccc2c1. The molecule has 0 aliphatic rings. The van der Waals surface area contributed by atoms with Crippen LogP contribution in [0.1, 0.15) is 5.56 Å². The number of hydrogen-bond acceptors (Lipinski definition) is 1. The number of Topliss-reactive ketones (excluding diaryl/α,β-unsaturated/α-hetero) is 1. The second kappa shape index (κ2) is 4.20. The third-order valence-electron chi connectivity index (χ3n) is 2.58. The summed E-state index contributed by atoms with van der Waals surface area (Å²) in [5.41, 5.74) is -0.473. The average Bonchev–Trinajstić information content (AvgIpc) is 2.37. The van der Waals surface area contributed by atoms with Gasteiger partial charge in [-0.1, -0.05) is 36.4 Å². The number of hydrogen-bond donors (Lipinski definition) is 0. The maximum Gasteiger partial charge on any atom is 0.333 e. The van der Waals surface area contributed by atoms with Crippen molar-refractivity contribution in [1.82, 2.24) is 0 Å². The first-order valence-corrected chi connectivity index (χ1v) is 5.02. The van der Waals surface area contributed by atoms with E-state index in [1.807, 2.05) is 0 Å². The molecular formula is C13H9F3O. The molecule has 0 fully saturated rings. The third-order valence-corrected chi connectivity index (χ3v) is 2.58. The van der Waals surface area contributed by atoms with Gasteiger partial charge < -0.3 is 0 Å². The van der Waals surface area contributed by atoms with Crippen molar-refractivity contribution in [2.45, 2.75) is 5.92 Å². The van der Waals surface area contributed by atoms with Crippen molar-refractivity contribution in [3.8, 4) is 0 Å². The fourth-order valence-corrected chi connectivity index (χ4v) is 1.63. The molecule has 0 aliphatic heterocycles. The van der Waals surface area contributed by atoms with E-state index in [0.717, 1.165) is 11.5 Å². The normalized spacial score (nSPS) is 11.7. The van der Waals surface area contributed by atoms with Gasteiger partial charge in [0.25, 0.3) is 0 Å². The molecule has 0 bridgehead atoms.